The lowest BCUT2D eigenvalue weighted by Gasteiger charge is -2.13. The summed E-state index contributed by atoms with van der Waals surface area (Å²) in [6.07, 6.45) is 0.00760. The topological polar surface area (TPSA) is 92.7 Å². The predicted molar refractivity (Wildman–Crippen MR) is 55.7 cm³/mol. The van der Waals surface area contributed by atoms with Crippen molar-refractivity contribution in [3.63, 3.8) is 0 Å². The number of carboxylic acids is 1. The third kappa shape index (κ3) is 6.00. The number of ether oxygens (including phenoxy) is 1. The molecule has 2 N–H and O–H groups in total. The Kier molecular flexibility index (Phi) is 6.14. The van der Waals surface area contributed by atoms with Crippen molar-refractivity contribution >= 4 is 17.8 Å². The highest BCUT2D eigenvalue weighted by molar-refractivity contribution is 5.84. The van der Waals surface area contributed by atoms with Crippen LogP contribution < -0.4 is 5.32 Å². The molecule has 0 fully saturated rings. The average molecular weight is 231 g/mol. The Morgan fingerprint density at radius 1 is 1.25 bits per heavy atom. The second-order valence-corrected chi connectivity index (χ2v) is 3.72. The molecule has 1 amide bonds. The quantitative estimate of drug-likeness (QED) is 0.635. The Morgan fingerprint density at radius 2 is 1.81 bits per heavy atom. The van der Waals surface area contributed by atoms with E-state index in [9.17, 15) is 14.4 Å². The molecule has 0 aliphatic heterocycles. The molecular formula is C10H17NO5. The lowest BCUT2D eigenvalue weighted by molar-refractivity contribution is -0.145. The summed E-state index contributed by atoms with van der Waals surface area (Å²) < 4.78 is 4.43. The van der Waals surface area contributed by atoms with E-state index in [1.807, 2.05) is 0 Å². The van der Waals surface area contributed by atoms with Crippen molar-refractivity contribution in [3.8, 4) is 0 Å². The summed E-state index contributed by atoms with van der Waals surface area (Å²) in [5.41, 5.74) is 0. The zero-order valence-corrected chi connectivity index (χ0v) is 9.65. The summed E-state index contributed by atoms with van der Waals surface area (Å²) in [6, 6.07) is -0.713. The minimum Gasteiger partial charge on any atom is -0.481 e. The standard InChI is InChI=1S/C10H17NO5/c1-6(5-9(13)14)4-8(12)11-7(2)10(15)16-3/h6-7H,4-5H2,1-3H3,(H,11,12)(H,13,14). The monoisotopic (exact) mass is 231 g/mol. The van der Waals surface area contributed by atoms with Gasteiger partial charge in [0, 0.05) is 12.8 Å². The summed E-state index contributed by atoms with van der Waals surface area (Å²) in [5.74, 6) is -2.09. The van der Waals surface area contributed by atoms with Gasteiger partial charge >= 0.3 is 11.9 Å². The zero-order chi connectivity index (χ0) is 12.7. The van der Waals surface area contributed by atoms with E-state index in [2.05, 4.69) is 10.1 Å². The van der Waals surface area contributed by atoms with E-state index in [1.165, 1.54) is 14.0 Å². The van der Waals surface area contributed by atoms with Crippen molar-refractivity contribution in [2.75, 3.05) is 7.11 Å². The van der Waals surface area contributed by atoms with Crippen LogP contribution in [0, 0.1) is 5.92 Å². The molecule has 2 atom stereocenters. The average Bonchev–Trinajstić information content (AvgIpc) is 2.14. The molecule has 0 aromatic rings. The van der Waals surface area contributed by atoms with Gasteiger partial charge in [0.2, 0.25) is 5.91 Å². The third-order valence-corrected chi connectivity index (χ3v) is 1.99. The number of hydrogen-bond donors (Lipinski definition) is 2. The van der Waals surface area contributed by atoms with Crippen molar-refractivity contribution < 1.29 is 24.2 Å². The van der Waals surface area contributed by atoms with Crippen molar-refractivity contribution in [3.05, 3.63) is 0 Å². The number of carbonyl (C=O) groups excluding carboxylic acids is 2. The van der Waals surface area contributed by atoms with Crippen LogP contribution in [0.15, 0.2) is 0 Å². The Morgan fingerprint density at radius 3 is 2.25 bits per heavy atom. The highest BCUT2D eigenvalue weighted by atomic mass is 16.5. The van der Waals surface area contributed by atoms with Crippen LogP contribution in [0.4, 0.5) is 0 Å². The maximum Gasteiger partial charge on any atom is 0.328 e. The summed E-state index contributed by atoms with van der Waals surface area (Å²) in [7, 11) is 1.23. The Labute approximate surface area is 94.0 Å². The number of methoxy groups -OCH3 is 1. The van der Waals surface area contributed by atoms with E-state index < -0.39 is 18.0 Å². The second-order valence-electron chi connectivity index (χ2n) is 3.72. The molecule has 0 aliphatic rings. The predicted octanol–water partition coefficient (Wildman–Crippen LogP) is 0.165. The minimum absolute atomic E-state index is 0.0694. The van der Waals surface area contributed by atoms with Crippen molar-refractivity contribution in [1.29, 1.82) is 0 Å². The van der Waals surface area contributed by atoms with Crippen LogP contribution in [0.25, 0.3) is 0 Å². The molecule has 0 saturated heterocycles. The first-order valence-electron chi connectivity index (χ1n) is 4.95. The van der Waals surface area contributed by atoms with E-state index in [0.717, 1.165) is 0 Å². The maximum atomic E-state index is 11.4. The lowest BCUT2D eigenvalue weighted by Crippen LogP contribution is -2.39. The van der Waals surface area contributed by atoms with Crippen LogP contribution >= 0.6 is 0 Å². The summed E-state index contributed by atoms with van der Waals surface area (Å²) in [6.45, 7) is 3.17. The first-order valence-corrected chi connectivity index (χ1v) is 4.95. The van der Waals surface area contributed by atoms with E-state index in [4.69, 9.17) is 5.11 Å². The molecule has 0 heterocycles. The molecule has 16 heavy (non-hydrogen) atoms. The molecule has 0 aromatic carbocycles. The first kappa shape index (κ1) is 14.4. The van der Waals surface area contributed by atoms with Gasteiger partial charge in [-0.2, -0.15) is 0 Å². The fourth-order valence-electron chi connectivity index (χ4n) is 1.22. The van der Waals surface area contributed by atoms with Crippen LogP contribution in [0.3, 0.4) is 0 Å². The molecule has 6 heteroatoms. The maximum absolute atomic E-state index is 11.4. The Bertz CT molecular complexity index is 276. The highest BCUT2D eigenvalue weighted by Gasteiger charge is 2.18. The molecule has 0 spiro atoms. The number of aliphatic carboxylic acids is 1. The van der Waals surface area contributed by atoms with Gasteiger partial charge in [0.25, 0.3) is 0 Å². The number of carboxylic acid groups (broad SMARTS) is 1. The van der Waals surface area contributed by atoms with Gasteiger partial charge in [0.15, 0.2) is 0 Å². The van der Waals surface area contributed by atoms with Gasteiger partial charge in [0.1, 0.15) is 6.04 Å². The molecule has 0 aliphatic carbocycles. The van der Waals surface area contributed by atoms with Gasteiger partial charge in [-0.15, -0.1) is 0 Å². The number of esters is 1. The fraction of sp³-hybridized carbons (Fsp3) is 0.700. The molecule has 0 aromatic heterocycles. The molecule has 0 radical (unpaired) electrons. The van der Waals surface area contributed by atoms with Gasteiger partial charge in [0.05, 0.1) is 7.11 Å². The van der Waals surface area contributed by atoms with Crippen molar-refractivity contribution in [1.82, 2.24) is 5.32 Å². The van der Waals surface area contributed by atoms with Crippen LogP contribution in [0.2, 0.25) is 0 Å². The lowest BCUT2D eigenvalue weighted by atomic mass is 10.0. The van der Waals surface area contributed by atoms with Gasteiger partial charge in [-0.3, -0.25) is 9.59 Å². The van der Waals surface area contributed by atoms with E-state index in [-0.39, 0.29) is 24.7 Å². The molecule has 6 nitrogen and oxygen atoms in total. The zero-order valence-electron chi connectivity index (χ0n) is 9.65. The van der Waals surface area contributed by atoms with E-state index >= 15 is 0 Å². The van der Waals surface area contributed by atoms with Gasteiger partial charge in [-0.05, 0) is 12.8 Å². The SMILES string of the molecule is COC(=O)C(C)NC(=O)CC(C)CC(=O)O. The largest absolute Gasteiger partial charge is 0.481 e. The van der Waals surface area contributed by atoms with Crippen LogP contribution in [-0.2, 0) is 19.1 Å². The van der Waals surface area contributed by atoms with Gasteiger partial charge in [-0.25, -0.2) is 4.79 Å². The summed E-state index contributed by atoms with van der Waals surface area (Å²) in [5, 5.41) is 10.9. The second kappa shape index (κ2) is 6.81. The molecule has 2 unspecified atom stereocenters. The number of hydrogen-bond acceptors (Lipinski definition) is 4. The first-order chi connectivity index (χ1) is 7.36. The Hall–Kier alpha value is -1.59. The molecule has 0 rings (SSSR count). The highest BCUT2D eigenvalue weighted by Crippen LogP contribution is 2.07. The number of rotatable bonds is 6. The fourth-order valence-corrected chi connectivity index (χ4v) is 1.22. The number of carbonyl (C=O) groups is 3. The van der Waals surface area contributed by atoms with Crippen molar-refractivity contribution in [2.45, 2.75) is 32.7 Å². The Balaban J connectivity index is 3.98. The molecule has 0 bridgehead atoms. The third-order valence-electron chi connectivity index (χ3n) is 1.99. The van der Waals surface area contributed by atoms with Crippen LogP contribution in [0.5, 0.6) is 0 Å². The normalized spacial score (nSPS) is 13.7. The number of amides is 1. The number of nitrogens with one attached hydrogen (secondary N) is 1. The molecule has 92 valence electrons. The van der Waals surface area contributed by atoms with Crippen LogP contribution in [-0.4, -0.2) is 36.1 Å². The smallest absolute Gasteiger partial charge is 0.328 e. The molecule has 0 saturated carbocycles. The van der Waals surface area contributed by atoms with Gasteiger partial charge < -0.3 is 15.2 Å². The van der Waals surface area contributed by atoms with E-state index in [1.54, 1.807) is 6.92 Å². The van der Waals surface area contributed by atoms with Gasteiger partial charge in [-0.1, -0.05) is 6.92 Å². The van der Waals surface area contributed by atoms with Crippen LogP contribution in [0.1, 0.15) is 26.7 Å². The summed E-state index contributed by atoms with van der Waals surface area (Å²) >= 11 is 0. The molecular weight excluding hydrogens is 214 g/mol. The van der Waals surface area contributed by atoms with E-state index in [0.29, 0.717) is 0 Å². The summed E-state index contributed by atoms with van der Waals surface area (Å²) in [4.78, 5) is 32.7. The minimum atomic E-state index is -0.943. The van der Waals surface area contributed by atoms with Crippen molar-refractivity contribution in [2.24, 2.45) is 5.92 Å².